The number of carbonyl (C=O) groups excluding carboxylic acids is 1. The SMILES string of the molecule is CCNCc1ccccc1NC(=O)c1cnns1. The molecule has 94 valence electrons. The van der Waals surface area contributed by atoms with Crippen molar-refractivity contribution in [1.82, 2.24) is 14.9 Å². The van der Waals surface area contributed by atoms with Crippen LogP contribution >= 0.6 is 11.5 Å². The van der Waals surface area contributed by atoms with Gasteiger partial charge in [-0.15, -0.1) is 5.10 Å². The molecule has 2 rings (SSSR count). The number of aromatic nitrogens is 2. The van der Waals surface area contributed by atoms with Crippen LogP contribution < -0.4 is 10.6 Å². The van der Waals surface area contributed by atoms with E-state index in [1.807, 2.05) is 31.2 Å². The predicted octanol–water partition coefficient (Wildman–Crippen LogP) is 1.90. The van der Waals surface area contributed by atoms with E-state index in [1.54, 1.807) is 0 Å². The topological polar surface area (TPSA) is 66.9 Å². The lowest BCUT2D eigenvalue weighted by Crippen LogP contribution is -2.16. The smallest absolute Gasteiger partial charge is 0.269 e. The maximum atomic E-state index is 11.9. The van der Waals surface area contributed by atoms with Crippen molar-refractivity contribution in [2.24, 2.45) is 0 Å². The van der Waals surface area contributed by atoms with E-state index in [4.69, 9.17) is 0 Å². The Morgan fingerprint density at radius 3 is 2.94 bits per heavy atom. The molecule has 5 nitrogen and oxygen atoms in total. The Balaban J connectivity index is 2.11. The summed E-state index contributed by atoms with van der Waals surface area (Å²) in [7, 11) is 0. The van der Waals surface area contributed by atoms with Crippen LogP contribution in [0.15, 0.2) is 30.5 Å². The highest BCUT2D eigenvalue weighted by Crippen LogP contribution is 2.16. The van der Waals surface area contributed by atoms with Gasteiger partial charge in [0.15, 0.2) is 0 Å². The van der Waals surface area contributed by atoms with Crippen LogP contribution in [0.2, 0.25) is 0 Å². The Labute approximate surface area is 109 Å². The Bertz CT molecular complexity index is 513. The molecule has 6 heteroatoms. The zero-order valence-electron chi connectivity index (χ0n) is 10.0. The van der Waals surface area contributed by atoms with Crippen molar-refractivity contribution in [1.29, 1.82) is 0 Å². The average molecular weight is 262 g/mol. The molecule has 0 atom stereocenters. The fourth-order valence-corrected chi connectivity index (χ4v) is 1.92. The Morgan fingerprint density at radius 2 is 2.22 bits per heavy atom. The number of anilines is 1. The summed E-state index contributed by atoms with van der Waals surface area (Å²) in [4.78, 5) is 12.4. The largest absolute Gasteiger partial charge is 0.321 e. The molecule has 1 amide bonds. The van der Waals surface area contributed by atoms with Gasteiger partial charge in [0, 0.05) is 12.2 Å². The first-order valence-corrected chi connectivity index (χ1v) is 6.46. The zero-order chi connectivity index (χ0) is 12.8. The predicted molar refractivity (Wildman–Crippen MR) is 71.7 cm³/mol. The molecule has 0 saturated heterocycles. The lowest BCUT2D eigenvalue weighted by Gasteiger charge is -2.10. The minimum absolute atomic E-state index is 0.172. The van der Waals surface area contributed by atoms with Gasteiger partial charge in [0.05, 0.1) is 6.20 Å². The molecule has 0 saturated carbocycles. The summed E-state index contributed by atoms with van der Waals surface area (Å²) in [5.41, 5.74) is 1.88. The first kappa shape index (κ1) is 12.7. The first-order valence-electron chi connectivity index (χ1n) is 5.68. The van der Waals surface area contributed by atoms with E-state index in [1.165, 1.54) is 6.20 Å². The molecule has 0 aliphatic heterocycles. The molecule has 0 bridgehead atoms. The van der Waals surface area contributed by atoms with Crippen molar-refractivity contribution < 1.29 is 4.79 Å². The van der Waals surface area contributed by atoms with Crippen LogP contribution in [0, 0.1) is 0 Å². The van der Waals surface area contributed by atoms with E-state index in [2.05, 4.69) is 20.2 Å². The van der Waals surface area contributed by atoms with Gasteiger partial charge in [0.1, 0.15) is 4.88 Å². The van der Waals surface area contributed by atoms with Crippen molar-refractivity contribution in [3.8, 4) is 0 Å². The molecular weight excluding hydrogens is 248 g/mol. The molecule has 18 heavy (non-hydrogen) atoms. The number of nitrogens with zero attached hydrogens (tertiary/aromatic N) is 2. The van der Waals surface area contributed by atoms with Gasteiger partial charge in [-0.3, -0.25) is 4.79 Å². The second-order valence-corrected chi connectivity index (χ2v) is 4.46. The quantitative estimate of drug-likeness (QED) is 0.863. The maximum Gasteiger partial charge on any atom is 0.269 e. The highest BCUT2D eigenvalue weighted by atomic mass is 32.1. The van der Waals surface area contributed by atoms with E-state index >= 15 is 0 Å². The molecule has 0 fully saturated rings. The second-order valence-electron chi connectivity index (χ2n) is 3.67. The summed E-state index contributed by atoms with van der Waals surface area (Å²) >= 11 is 1.09. The van der Waals surface area contributed by atoms with Crippen molar-refractivity contribution in [2.45, 2.75) is 13.5 Å². The summed E-state index contributed by atoms with van der Waals surface area (Å²) < 4.78 is 3.68. The van der Waals surface area contributed by atoms with Gasteiger partial charge in [0.2, 0.25) is 0 Å². The molecule has 2 N–H and O–H groups in total. The van der Waals surface area contributed by atoms with E-state index < -0.39 is 0 Å². The van der Waals surface area contributed by atoms with Crippen molar-refractivity contribution in [3.63, 3.8) is 0 Å². The first-order chi connectivity index (χ1) is 8.81. The standard InChI is InChI=1S/C12H14N4OS/c1-2-13-7-9-5-3-4-6-10(9)15-12(17)11-8-14-16-18-11/h3-6,8,13H,2,7H2,1H3,(H,15,17). The molecule has 0 spiro atoms. The van der Waals surface area contributed by atoms with Crippen LogP contribution in [0.4, 0.5) is 5.69 Å². The minimum atomic E-state index is -0.172. The van der Waals surface area contributed by atoms with Crippen molar-refractivity contribution >= 4 is 23.1 Å². The Kier molecular flexibility index (Phi) is 4.38. The van der Waals surface area contributed by atoms with Crippen LogP contribution in [0.1, 0.15) is 22.2 Å². The third kappa shape index (κ3) is 3.12. The van der Waals surface area contributed by atoms with E-state index in [0.717, 1.165) is 35.9 Å². The van der Waals surface area contributed by atoms with Crippen molar-refractivity contribution in [3.05, 3.63) is 40.9 Å². The average Bonchev–Trinajstić information content (AvgIpc) is 2.91. The minimum Gasteiger partial charge on any atom is -0.321 e. The summed E-state index contributed by atoms with van der Waals surface area (Å²) in [5, 5.41) is 9.77. The molecule has 0 radical (unpaired) electrons. The molecule has 1 aromatic heterocycles. The van der Waals surface area contributed by atoms with Crippen LogP contribution in [-0.4, -0.2) is 22.0 Å². The van der Waals surface area contributed by atoms with E-state index in [-0.39, 0.29) is 5.91 Å². The van der Waals surface area contributed by atoms with Gasteiger partial charge in [-0.05, 0) is 29.7 Å². The van der Waals surface area contributed by atoms with Gasteiger partial charge in [-0.1, -0.05) is 29.6 Å². The summed E-state index contributed by atoms with van der Waals surface area (Å²) in [6, 6.07) is 7.73. The Hall–Kier alpha value is -1.79. The lowest BCUT2D eigenvalue weighted by molar-refractivity contribution is 0.103. The molecule has 0 aliphatic rings. The summed E-state index contributed by atoms with van der Waals surface area (Å²) in [5.74, 6) is -0.172. The van der Waals surface area contributed by atoms with E-state index in [9.17, 15) is 4.79 Å². The van der Waals surface area contributed by atoms with Gasteiger partial charge in [-0.2, -0.15) is 0 Å². The molecular formula is C12H14N4OS. The van der Waals surface area contributed by atoms with E-state index in [0.29, 0.717) is 4.88 Å². The van der Waals surface area contributed by atoms with Gasteiger partial charge >= 0.3 is 0 Å². The highest BCUT2D eigenvalue weighted by molar-refractivity contribution is 7.07. The monoisotopic (exact) mass is 262 g/mol. The second kappa shape index (κ2) is 6.23. The third-order valence-electron chi connectivity index (χ3n) is 2.42. The number of rotatable bonds is 5. The fraction of sp³-hybridized carbons (Fsp3) is 0.250. The number of benzene rings is 1. The third-order valence-corrected chi connectivity index (χ3v) is 3.08. The number of para-hydroxylation sites is 1. The molecule has 2 aromatic rings. The van der Waals surface area contributed by atoms with Gasteiger partial charge in [-0.25, -0.2) is 0 Å². The number of carbonyl (C=O) groups is 1. The normalized spacial score (nSPS) is 10.3. The number of nitrogens with one attached hydrogen (secondary N) is 2. The highest BCUT2D eigenvalue weighted by Gasteiger charge is 2.10. The number of hydrogen-bond acceptors (Lipinski definition) is 5. The van der Waals surface area contributed by atoms with Crippen LogP contribution in [0.25, 0.3) is 0 Å². The van der Waals surface area contributed by atoms with Crippen LogP contribution in [0.5, 0.6) is 0 Å². The Morgan fingerprint density at radius 1 is 1.39 bits per heavy atom. The van der Waals surface area contributed by atoms with Gasteiger partial charge in [0.25, 0.3) is 5.91 Å². The summed E-state index contributed by atoms with van der Waals surface area (Å²) in [6.45, 7) is 3.67. The fourth-order valence-electron chi connectivity index (χ4n) is 1.51. The van der Waals surface area contributed by atoms with Gasteiger partial charge < -0.3 is 10.6 Å². The molecule has 0 unspecified atom stereocenters. The number of amides is 1. The maximum absolute atomic E-state index is 11.9. The van der Waals surface area contributed by atoms with Crippen molar-refractivity contribution in [2.75, 3.05) is 11.9 Å². The zero-order valence-corrected chi connectivity index (χ0v) is 10.8. The summed E-state index contributed by atoms with van der Waals surface area (Å²) in [6.07, 6.45) is 1.47. The molecule has 1 heterocycles. The molecule has 1 aromatic carbocycles. The van der Waals surface area contributed by atoms with Crippen LogP contribution in [0.3, 0.4) is 0 Å². The van der Waals surface area contributed by atoms with Crippen LogP contribution in [-0.2, 0) is 6.54 Å². The molecule has 0 aliphatic carbocycles. The lowest BCUT2D eigenvalue weighted by atomic mass is 10.1. The number of hydrogen-bond donors (Lipinski definition) is 2.